The molecule has 0 bridgehead atoms. The normalized spacial score (nSPS) is 10.9. The average molecular weight is 327 g/mol. The van der Waals surface area contributed by atoms with Gasteiger partial charge in [-0.15, -0.1) is 11.3 Å². The van der Waals surface area contributed by atoms with Crippen LogP contribution in [0.25, 0.3) is 0 Å². The van der Waals surface area contributed by atoms with Gasteiger partial charge in [-0.3, -0.25) is 0 Å². The van der Waals surface area contributed by atoms with Crippen molar-refractivity contribution in [2.75, 3.05) is 10.6 Å². The first kappa shape index (κ1) is 13.3. The third kappa shape index (κ3) is 3.20. The van der Waals surface area contributed by atoms with E-state index in [-0.39, 0.29) is 0 Å². The molecule has 0 saturated heterocycles. The van der Waals surface area contributed by atoms with Crippen LogP contribution in [0.15, 0.2) is 28.2 Å². The van der Waals surface area contributed by atoms with Gasteiger partial charge in [0.15, 0.2) is 0 Å². The van der Waals surface area contributed by atoms with Crippen LogP contribution in [0.4, 0.5) is 11.8 Å². The van der Waals surface area contributed by atoms with Gasteiger partial charge in [0, 0.05) is 17.0 Å². The van der Waals surface area contributed by atoms with Gasteiger partial charge in [-0.1, -0.05) is 6.07 Å². The fourth-order valence-corrected chi connectivity index (χ4v) is 2.70. The van der Waals surface area contributed by atoms with Crippen molar-refractivity contribution >= 4 is 39.0 Å². The zero-order chi connectivity index (χ0) is 13.1. The van der Waals surface area contributed by atoms with Crippen LogP contribution in [0.3, 0.4) is 0 Å². The quantitative estimate of drug-likeness (QED) is 0.876. The van der Waals surface area contributed by atoms with E-state index in [4.69, 9.17) is 5.73 Å². The summed E-state index contributed by atoms with van der Waals surface area (Å²) < 4.78 is 0.710. The van der Waals surface area contributed by atoms with Crippen LogP contribution in [-0.2, 0) is 6.54 Å². The second-order valence-electron chi connectivity index (χ2n) is 4.22. The molecule has 0 unspecified atom stereocenters. The third-order valence-electron chi connectivity index (χ3n) is 2.49. The lowest BCUT2D eigenvalue weighted by atomic mass is 10.3. The Balaban J connectivity index is 2.29. The second kappa shape index (κ2) is 5.67. The van der Waals surface area contributed by atoms with Crippen molar-refractivity contribution in [3.05, 3.63) is 33.1 Å². The number of thiophene rings is 1. The van der Waals surface area contributed by atoms with Gasteiger partial charge in [0.05, 0.1) is 6.54 Å². The molecule has 0 saturated carbocycles. The number of rotatable bonds is 4. The fraction of sp³-hybridized carbons (Fsp3) is 0.333. The maximum absolute atomic E-state index is 5.77. The summed E-state index contributed by atoms with van der Waals surface area (Å²) in [6.07, 6.45) is 0. The Morgan fingerprint density at radius 3 is 2.78 bits per heavy atom. The van der Waals surface area contributed by atoms with Crippen LogP contribution >= 0.6 is 27.3 Å². The monoisotopic (exact) mass is 326 g/mol. The molecule has 4 nitrogen and oxygen atoms in total. The number of halogens is 1. The third-order valence-corrected chi connectivity index (χ3v) is 3.76. The molecule has 6 heteroatoms. The van der Waals surface area contributed by atoms with Gasteiger partial charge in [-0.2, -0.15) is 4.98 Å². The second-order valence-corrected chi connectivity index (χ2v) is 6.06. The summed E-state index contributed by atoms with van der Waals surface area (Å²) in [5, 5.41) is 2.07. The predicted molar refractivity (Wildman–Crippen MR) is 79.8 cm³/mol. The topological polar surface area (TPSA) is 55.0 Å². The first-order valence-electron chi connectivity index (χ1n) is 5.65. The molecule has 2 N–H and O–H groups in total. The molecule has 0 amide bonds. The summed E-state index contributed by atoms with van der Waals surface area (Å²) in [7, 11) is 0. The maximum Gasteiger partial charge on any atom is 0.228 e. The number of nitrogens with zero attached hydrogens (tertiary/aromatic N) is 3. The van der Waals surface area contributed by atoms with E-state index in [9.17, 15) is 0 Å². The van der Waals surface area contributed by atoms with Gasteiger partial charge in [-0.25, -0.2) is 4.98 Å². The first-order chi connectivity index (χ1) is 8.56. The SMILES string of the molecule is CC(C)N(Cc1cccs1)c1nc(N)cc(Br)n1. The van der Waals surface area contributed by atoms with Crippen molar-refractivity contribution in [2.45, 2.75) is 26.4 Å². The summed E-state index contributed by atoms with van der Waals surface area (Å²) in [5.74, 6) is 1.13. The molecule has 0 fully saturated rings. The van der Waals surface area contributed by atoms with Crippen LogP contribution in [0.5, 0.6) is 0 Å². The number of hydrogen-bond donors (Lipinski definition) is 1. The summed E-state index contributed by atoms with van der Waals surface area (Å²) in [5.41, 5.74) is 5.77. The molecule has 0 aliphatic rings. The molecule has 0 aromatic carbocycles. The summed E-state index contributed by atoms with van der Waals surface area (Å²) >= 11 is 5.08. The molecule has 2 heterocycles. The minimum Gasteiger partial charge on any atom is -0.383 e. The number of hydrogen-bond acceptors (Lipinski definition) is 5. The maximum atomic E-state index is 5.77. The van der Waals surface area contributed by atoms with Gasteiger partial charge in [0.2, 0.25) is 5.95 Å². The Bertz CT molecular complexity index is 493. The van der Waals surface area contributed by atoms with Crippen molar-refractivity contribution in [1.82, 2.24) is 9.97 Å². The zero-order valence-corrected chi connectivity index (χ0v) is 12.7. The van der Waals surface area contributed by atoms with Crippen molar-refractivity contribution < 1.29 is 0 Å². The van der Waals surface area contributed by atoms with Crippen molar-refractivity contribution in [3.8, 4) is 0 Å². The molecule has 0 radical (unpaired) electrons. The highest BCUT2D eigenvalue weighted by atomic mass is 79.9. The number of anilines is 2. The fourth-order valence-electron chi connectivity index (χ4n) is 1.61. The van der Waals surface area contributed by atoms with E-state index in [1.165, 1.54) is 4.88 Å². The largest absolute Gasteiger partial charge is 0.383 e. The van der Waals surface area contributed by atoms with Gasteiger partial charge < -0.3 is 10.6 Å². The van der Waals surface area contributed by atoms with Gasteiger partial charge in [-0.05, 0) is 41.2 Å². The van der Waals surface area contributed by atoms with Crippen LogP contribution in [0, 0.1) is 0 Å². The van der Waals surface area contributed by atoms with Crippen LogP contribution in [-0.4, -0.2) is 16.0 Å². The van der Waals surface area contributed by atoms with E-state index < -0.39 is 0 Å². The Labute approximate surface area is 119 Å². The molecular formula is C12H15BrN4S. The van der Waals surface area contributed by atoms with E-state index in [0.717, 1.165) is 6.54 Å². The van der Waals surface area contributed by atoms with E-state index in [1.807, 2.05) is 0 Å². The zero-order valence-electron chi connectivity index (χ0n) is 10.3. The van der Waals surface area contributed by atoms with E-state index in [1.54, 1.807) is 17.4 Å². The number of nitrogens with two attached hydrogens (primary N) is 1. The molecular weight excluding hydrogens is 312 g/mol. The lowest BCUT2D eigenvalue weighted by Gasteiger charge is -2.26. The average Bonchev–Trinajstić information content (AvgIpc) is 2.76. The van der Waals surface area contributed by atoms with Crippen LogP contribution in [0.1, 0.15) is 18.7 Å². The van der Waals surface area contributed by atoms with Gasteiger partial charge >= 0.3 is 0 Å². The van der Waals surface area contributed by atoms with Crippen LogP contribution in [0.2, 0.25) is 0 Å². The Kier molecular flexibility index (Phi) is 4.19. The van der Waals surface area contributed by atoms with E-state index in [0.29, 0.717) is 22.4 Å². The standard InChI is InChI=1S/C12H15BrN4S/c1-8(2)17(7-9-4-3-5-18-9)12-15-10(13)6-11(14)16-12/h3-6,8H,7H2,1-2H3,(H2,14,15,16). The molecule has 96 valence electrons. The molecule has 18 heavy (non-hydrogen) atoms. The van der Waals surface area contributed by atoms with Crippen molar-refractivity contribution in [3.63, 3.8) is 0 Å². The minimum absolute atomic E-state index is 0.306. The van der Waals surface area contributed by atoms with Gasteiger partial charge in [0.25, 0.3) is 0 Å². The highest BCUT2D eigenvalue weighted by Gasteiger charge is 2.15. The molecule has 0 aliphatic heterocycles. The molecule has 2 aromatic rings. The van der Waals surface area contributed by atoms with Gasteiger partial charge in [0.1, 0.15) is 10.4 Å². The lowest BCUT2D eigenvalue weighted by molar-refractivity contribution is 0.664. The molecule has 0 spiro atoms. The number of nitrogen functional groups attached to an aromatic ring is 1. The minimum atomic E-state index is 0.306. The Morgan fingerprint density at radius 1 is 1.44 bits per heavy atom. The van der Waals surface area contributed by atoms with E-state index >= 15 is 0 Å². The van der Waals surface area contributed by atoms with Crippen molar-refractivity contribution in [1.29, 1.82) is 0 Å². The predicted octanol–water partition coefficient (Wildman–Crippen LogP) is 3.30. The highest BCUT2D eigenvalue weighted by molar-refractivity contribution is 9.10. The molecule has 0 atom stereocenters. The highest BCUT2D eigenvalue weighted by Crippen LogP contribution is 2.21. The Morgan fingerprint density at radius 2 is 2.22 bits per heavy atom. The van der Waals surface area contributed by atoms with E-state index in [2.05, 4.69) is 62.2 Å². The Hall–Kier alpha value is -1.14. The summed E-state index contributed by atoms with van der Waals surface area (Å²) in [6, 6.07) is 6.17. The summed E-state index contributed by atoms with van der Waals surface area (Å²) in [6.45, 7) is 5.04. The number of aromatic nitrogens is 2. The first-order valence-corrected chi connectivity index (χ1v) is 7.32. The van der Waals surface area contributed by atoms with Crippen LogP contribution < -0.4 is 10.6 Å². The molecule has 2 rings (SSSR count). The van der Waals surface area contributed by atoms with Crippen molar-refractivity contribution in [2.24, 2.45) is 0 Å². The molecule has 2 aromatic heterocycles. The lowest BCUT2D eigenvalue weighted by Crippen LogP contribution is -2.31. The smallest absolute Gasteiger partial charge is 0.228 e. The summed E-state index contributed by atoms with van der Waals surface area (Å²) in [4.78, 5) is 12.1. The molecule has 0 aliphatic carbocycles.